The van der Waals surface area contributed by atoms with Crippen molar-refractivity contribution in [2.75, 3.05) is 25.5 Å². The summed E-state index contributed by atoms with van der Waals surface area (Å²) in [6.07, 6.45) is 5.57. The van der Waals surface area contributed by atoms with Crippen molar-refractivity contribution in [1.82, 2.24) is 4.90 Å². The summed E-state index contributed by atoms with van der Waals surface area (Å²) in [5.41, 5.74) is 2.87. The van der Waals surface area contributed by atoms with Crippen molar-refractivity contribution < 1.29 is 4.74 Å². The third-order valence-electron chi connectivity index (χ3n) is 7.20. The topological polar surface area (TPSA) is 24.5 Å². The fraction of sp³-hybridized carbons (Fsp3) is 0.700. The molecule has 1 aliphatic carbocycles. The second kappa shape index (κ2) is 5.14. The molecule has 6 rings (SSSR count). The lowest BCUT2D eigenvalue weighted by molar-refractivity contribution is -0.0383. The Morgan fingerprint density at radius 2 is 2.22 bits per heavy atom. The van der Waals surface area contributed by atoms with Crippen LogP contribution in [0.3, 0.4) is 0 Å². The fourth-order valence-electron chi connectivity index (χ4n) is 6.34. The first-order chi connectivity index (χ1) is 11.3. The number of fused-ring (bicyclic) bond motifs is 4. The molecule has 1 saturated carbocycles. The number of nitrogens with zero attached hydrogens (tertiary/aromatic N) is 1. The molecule has 7 atom stereocenters. The molecule has 5 aliphatic rings. The minimum atomic E-state index is 0.643. The Kier molecular flexibility index (Phi) is 3.16. The summed E-state index contributed by atoms with van der Waals surface area (Å²) < 4.78 is 5.48. The van der Waals surface area contributed by atoms with Gasteiger partial charge in [-0.05, 0) is 67.3 Å². The van der Waals surface area contributed by atoms with Crippen LogP contribution in [0, 0.1) is 17.8 Å². The van der Waals surface area contributed by atoms with Gasteiger partial charge in [0.15, 0.2) is 0 Å². The molecule has 3 unspecified atom stereocenters. The molecule has 4 bridgehead atoms. The van der Waals surface area contributed by atoms with Crippen molar-refractivity contribution in [3.63, 3.8) is 0 Å². The van der Waals surface area contributed by atoms with Gasteiger partial charge in [0.2, 0.25) is 0 Å². The van der Waals surface area contributed by atoms with Crippen LogP contribution in [0.1, 0.15) is 44.1 Å². The Labute approximate surface area is 139 Å². The lowest BCUT2D eigenvalue weighted by Crippen LogP contribution is -2.59. The van der Waals surface area contributed by atoms with Gasteiger partial charge in [-0.25, -0.2) is 0 Å². The Morgan fingerprint density at radius 1 is 1.30 bits per heavy atom. The maximum absolute atomic E-state index is 5.48. The number of anilines is 1. The SMILES string of the molecule is CC[C@@H]1C[C@H]2C[C@@H]3C4Nc5ccc(OC)cc5C4CCN(C2)[C@H]13. The molecule has 0 radical (unpaired) electrons. The standard InChI is InChI=1S/C20H28N2O/c1-3-13-8-12-9-17-19-15(6-7-22(11-12)20(13)17)16-10-14(23-2)4-5-18(16)21-19/h4-5,10,12-13,15,17,19-21H,3,6-9,11H2,1-2H3/t12-,13+,15?,17+,19?,20+/m0/s1. The fourth-order valence-corrected chi connectivity index (χ4v) is 6.34. The summed E-state index contributed by atoms with van der Waals surface area (Å²) in [4.78, 5) is 2.86. The minimum absolute atomic E-state index is 0.643. The van der Waals surface area contributed by atoms with Crippen molar-refractivity contribution in [3.8, 4) is 5.75 Å². The number of piperidine rings is 2. The first-order valence-electron chi connectivity index (χ1n) is 9.47. The maximum atomic E-state index is 5.48. The van der Waals surface area contributed by atoms with Gasteiger partial charge in [-0.15, -0.1) is 0 Å². The predicted octanol–water partition coefficient (Wildman–Crippen LogP) is 3.71. The molecular weight excluding hydrogens is 284 g/mol. The lowest BCUT2D eigenvalue weighted by Gasteiger charge is -2.54. The van der Waals surface area contributed by atoms with Gasteiger partial charge in [0.1, 0.15) is 5.75 Å². The van der Waals surface area contributed by atoms with Crippen molar-refractivity contribution >= 4 is 5.69 Å². The van der Waals surface area contributed by atoms with Gasteiger partial charge in [-0.3, -0.25) is 4.90 Å². The van der Waals surface area contributed by atoms with E-state index in [1.165, 1.54) is 50.0 Å². The van der Waals surface area contributed by atoms with Crippen LogP contribution in [0.5, 0.6) is 5.75 Å². The Balaban J connectivity index is 1.53. The van der Waals surface area contributed by atoms with E-state index in [2.05, 4.69) is 35.3 Å². The van der Waals surface area contributed by atoms with E-state index in [1.807, 2.05) is 0 Å². The first-order valence-corrected chi connectivity index (χ1v) is 9.47. The van der Waals surface area contributed by atoms with Crippen molar-refractivity contribution in [1.29, 1.82) is 0 Å². The molecule has 0 aromatic heterocycles. The van der Waals surface area contributed by atoms with Gasteiger partial charge >= 0.3 is 0 Å². The van der Waals surface area contributed by atoms with Gasteiger partial charge in [-0.1, -0.05) is 13.3 Å². The van der Waals surface area contributed by atoms with Gasteiger partial charge < -0.3 is 10.1 Å². The first kappa shape index (κ1) is 14.2. The van der Waals surface area contributed by atoms with Gasteiger partial charge in [0, 0.05) is 30.2 Å². The summed E-state index contributed by atoms with van der Waals surface area (Å²) in [6.45, 7) is 5.05. The number of rotatable bonds is 2. The molecule has 124 valence electrons. The van der Waals surface area contributed by atoms with Crippen LogP contribution in [-0.2, 0) is 0 Å². The second-order valence-corrected chi connectivity index (χ2v) is 8.17. The summed E-state index contributed by atoms with van der Waals surface area (Å²) in [6, 6.07) is 8.09. The summed E-state index contributed by atoms with van der Waals surface area (Å²) in [5, 5.41) is 3.93. The zero-order chi connectivity index (χ0) is 15.6. The normalized spacial score (nSPS) is 43.3. The van der Waals surface area contributed by atoms with E-state index in [-0.39, 0.29) is 0 Å². The third kappa shape index (κ3) is 1.98. The Hall–Kier alpha value is -1.22. The van der Waals surface area contributed by atoms with Gasteiger partial charge in [0.25, 0.3) is 0 Å². The molecule has 4 aliphatic heterocycles. The highest BCUT2D eigenvalue weighted by molar-refractivity contribution is 5.62. The van der Waals surface area contributed by atoms with Crippen molar-refractivity contribution in [2.45, 2.75) is 50.6 Å². The lowest BCUT2D eigenvalue weighted by atomic mass is 9.63. The van der Waals surface area contributed by atoms with Crippen molar-refractivity contribution in [2.24, 2.45) is 17.8 Å². The van der Waals surface area contributed by atoms with E-state index in [1.54, 1.807) is 7.11 Å². The van der Waals surface area contributed by atoms with Crippen LogP contribution < -0.4 is 10.1 Å². The molecule has 1 aromatic carbocycles. The summed E-state index contributed by atoms with van der Waals surface area (Å²) in [5.74, 6) is 4.37. The predicted molar refractivity (Wildman–Crippen MR) is 93.1 cm³/mol. The average Bonchev–Trinajstić information content (AvgIpc) is 2.92. The van der Waals surface area contributed by atoms with Crippen molar-refractivity contribution in [3.05, 3.63) is 23.8 Å². The average molecular weight is 312 g/mol. The van der Waals surface area contributed by atoms with E-state index in [0.717, 1.165) is 29.5 Å². The number of ether oxygens (including phenoxy) is 1. The molecule has 0 amide bonds. The van der Waals surface area contributed by atoms with Crippen LogP contribution in [0.4, 0.5) is 5.69 Å². The number of hydrogen-bond donors (Lipinski definition) is 1. The van der Waals surface area contributed by atoms with Crippen LogP contribution >= 0.6 is 0 Å². The zero-order valence-corrected chi connectivity index (χ0v) is 14.3. The number of methoxy groups -OCH3 is 1. The van der Waals surface area contributed by atoms with Crippen LogP contribution in [-0.4, -0.2) is 37.2 Å². The van der Waals surface area contributed by atoms with Crippen LogP contribution in [0.15, 0.2) is 18.2 Å². The number of nitrogens with one attached hydrogen (secondary N) is 1. The summed E-state index contributed by atoms with van der Waals surface area (Å²) in [7, 11) is 1.78. The highest BCUT2D eigenvalue weighted by Crippen LogP contribution is 2.53. The van der Waals surface area contributed by atoms with Gasteiger partial charge in [-0.2, -0.15) is 0 Å². The second-order valence-electron chi connectivity index (χ2n) is 8.17. The third-order valence-corrected chi connectivity index (χ3v) is 7.20. The maximum Gasteiger partial charge on any atom is 0.119 e. The quantitative estimate of drug-likeness (QED) is 0.901. The molecule has 4 fully saturated rings. The van der Waals surface area contributed by atoms with E-state index in [0.29, 0.717) is 12.0 Å². The Morgan fingerprint density at radius 3 is 3.04 bits per heavy atom. The van der Waals surface area contributed by atoms with E-state index < -0.39 is 0 Å². The molecule has 1 aromatic rings. The molecular formula is C20H28N2O. The van der Waals surface area contributed by atoms with E-state index >= 15 is 0 Å². The highest BCUT2D eigenvalue weighted by atomic mass is 16.5. The highest BCUT2D eigenvalue weighted by Gasteiger charge is 2.53. The zero-order valence-electron chi connectivity index (χ0n) is 14.3. The molecule has 0 spiro atoms. The van der Waals surface area contributed by atoms with E-state index in [4.69, 9.17) is 4.74 Å². The molecule has 1 N–H and O–H groups in total. The smallest absolute Gasteiger partial charge is 0.119 e. The number of hydrogen-bond acceptors (Lipinski definition) is 3. The molecule has 3 heteroatoms. The largest absolute Gasteiger partial charge is 0.497 e. The summed E-state index contributed by atoms with van der Waals surface area (Å²) >= 11 is 0. The van der Waals surface area contributed by atoms with Crippen LogP contribution in [0.2, 0.25) is 0 Å². The number of benzene rings is 1. The molecule has 4 heterocycles. The molecule has 23 heavy (non-hydrogen) atoms. The molecule has 3 nitrogen and oxygen atoms in total. The minimum Gasteiger partial charge on any atom is -0.497 e. The van der Waals surface area contributed by atoms with Gasteiger partial charge in [0.05, 0.1) is 7.11 Å². The molecule has 3 saturated heterocycles. The monoisotopic (exact) mass is 312 g/mol. The van der Waals surface area contributed by atoms with E-state index in [9.17, 15) is 0 Å². The Bertz CT molecular complexity index is 616. The van der Waals surface area contributed by atoms with Crippen LogP contribution in [0.25, 0.3) is 0 Å².